The van der Waals surface area contributed by atoms with Crippen LogP contribution in [-0.2, 0) is 11.3 Å². The standard InChI is InChI=1S/C19H25FN4O2/c1-4-21-19(24-9-7-23(8-10-24)14(3)25)22-12-18-13(2)16-11-15(20)5-6-17(16)26-18/h5-6,11H,4,7-10,12H2,1-3H3,(H,21,22). The number of carbonyl (C=O) groups excluding carboxylic acids is 1. The summed E-state index contributed by atoms with van der Waals surface area (Å²) in [6.45, 7) is 9.58. The molecule has 2 aromatic rings. The van der Waals surface area contributed by atoms with Crippen LogP contribution in [0.3, 0.4) is 0 Å². The Labute approximate surface area is 152 Å². The normalized spacial score (nSPS) is 15.6. The van der Waals surface area contributed by atoms with E-state index in [9.17, 15) is 9.18 Å². The molecule has 1 aliphatic rings. The van der Waals surface area contributed by atoms with E-state index < -0.39 is 0 Å². The van der Waals surface area contributed by atoms with Gasteiger partial charge in [-0.05, 0) is 32.0 Å². The average Bonchev–Trinajstić information content (AvgIpc) is 2.94. The first-order valence-electron chi connectivity index (χ1n) is 8.96. The Kier molecular flexibility index (Phi) is 5.44. The molecule has 7 heteroatoms. The van der Waals surface area contributed by atoms with Gasteiger partial charge in [-0.1, -0.05) is 0 Å². The number of halogens is 1. The number of aliphatic imine (C=N–C) groups is 1. The van der Waals surface area contributed by atoms with Gasteiger partial charge < -0.3 is 19.5 Å². The van der Waals surface area contributed by atoms with Gasteiger partial charge in [0.1, 0.15) is 23.7 Å². The Morgan fingerprint density at radius 2 is 1.96 bits per heavy atom. The van der Waals surface area contributed by atoms with Crippen molar-refractivity contribution in [2.24, 2.45) is 4.99 Å². The third-order valence-corrected chi connectivity index (χ3v) is 4.73. The molecule has 6 nitrogen and oxygen atoms in total. The summed E-state index contributed by atoms with van der Waals surface area (Å²) >= 11 is 0. The van der Waals surface area contributed by atoms with E-state index in [2.05, 4.69) is 10.2 Å². The molecule has 0 saturated carbocycles. The zero-order valence-electron chi connectivity index (χ0n) is 15.5. The van der Waals surface area contributed by atoms with Crippen LogP contribution in [-0.4, -0.2) is 54.4 Å². The van der Waals surface area contributed by atoms with Crippen LogP contribution in [0, 0.1) is 12.7 Å². The van der Waals surface area contributed by atoms with Gasteiger partial charge in [-0.3, -0.25) is 4.79 Å². The number of rotatable bonds is 3. The number of nitrogens with one attached hydrogen (secondary N) is 1. The molecule has 2 heterocycles. The number of hydrogen-bond donors (Lipinski definition) is 1. The van der Waals surface area contributed by atoms with E-state index in [1.807, 2.05) is 18.7 Å². The summed E-state index contributed by atoms with van der Waals surface area (Å²) in [5, 5.41) is 4.09. The first-order chi connectivity index (χ1) is 12.5. The zero-order chi connectivity index (χ0) is 18.7. The lowest BCUT2D eigenvalue weighted by Gasteiger charge is -2.36. The number of nitrogens with zero attached hydrogens (tertiary/aromatic N) is 3. The molecule has 1 saturated heterocycles. The van der Waals surface area contributed by atoms with Crippen molar-refractivity contribution in [1.82, 2.24) is 15.1 Å². The van der Waals surface area contributed by atoms with Crippen molar-refractivity contribution < 1.29 is 13.6 Å². The van der Waals surface area contributed by atoms with E-state index in [0.717, 1.165) is 42.3 Å². The summed E-state index contributed by atoms with van der Waals surface area (Å²) in [4.78, 5) is 20.2. The number of aryl methyl sites for hydroxylation is 1. The third kappa shape index (κ3) is 3.81. The van der Waals surface area contributed by atoms with Crippen LogP contribution in [0.5, 0.6) is 0 Å². The molecule has 0 spiro atoms. The number of piperazine rings is 1. The first-order valence-corrected chi connectivity index (χ1v) is 8.96. The van der Waals surface area contributed by atoms with Gasteiger partial charge in [0.15, 0.2) is 5.96 Å². The van der Waals surface area contributed by atoms with E-state index in [1.165, 1.54) is 12.1 Å². The number of guanidine groups is 1. The van der Waals surface area contributed by atoms with Gasteiger partial charge in [-0.2, -0.15) is 0 Å². The SMILES string of the molecule is CCNC(=NCc1oc2ccc(F)cc2c1C)N1CCN(C(C)=O)CC1. The number of hydrogen-bond acceptors (Lipinski definition) is 3. The van der Waals surface area contributed by atoms with Crippen LogP contribution in [0.1, 0.15) is 25.2 Å². The summed E-state index contributed by atoms with van der Waals surface area (Å²) in [7, 11) is 0. The summed E-state index contributed by atoms with van der Waals surface area (Å²) in [5.74, 6) is 1.38. The van der Waals surface area contributed by atoms with E-state index >= 15 is 0 Å². The van der Waals surface area contributed by atoms with Crippen molar-refractivity contribution in [2.45, 2.75) is 27.3 Å². The van der Waals surface area contributed by atoms with Gasteiger partial charge >= 0.3 is 0 Å². The van der Waals surface area contributed by atoms with Gasteiger partial charge in [0.05, 0.1) is 0 Å². The molecule has 1 N–H and O–H groups in total. The fourth-order valence-corrected chi connectivity index (χ4v) is 3.20. The molecule has 0 atom stereocenters. The molecule has 0 aliphatic carbocycles. The molecule has 26 heavy (non-hydrogen) atoms. The maximum Gasteiger partial charge on any atom is 0.219 e. The molecular formula is C19H25FN4O2. The number of benzene rings is 1. The Balaban J connectivity index is 1.76. The molecule has 1 fully saturated rings. The molecule has 3 rings (SSSR count). The molecule has 1 aliphatic heterocycles. The summed E-state index contributed by atoms with van der Waals surface area (Å²) in [6, 6.07) is 4.54. The van der Waals surface area contributed by atoms with Gasteiger partial charge in [0, 0.05) is 50.6 Å². The molecule has 0 bridgehead atoms. The third-order valence-electron chi connectivity index (χ3n) is 4.73. The summed E-state index contributed by atoms with van der Waals surface area (Å²) in [6.07, 6.45) is 0. The molecular weight excluding hydrogens is 335 g/mol. The number of amides is 1. The van der Waals surface area contributed by atoms with Gasteiger partial charge in [0.25, 0.3) is 0 Å². The average molecular weight is 360 g/mol. The van der Waals surface area contributed by atoms with Crippen LogP contribution >= 0.6 is 0 Å². The minimum Gasteiger partial charge on any atom is -0.459 e. The smallest absolute Gasteiger partial charge is 0.219 e. The molecule has 0 radical (unpaired) electrons. The van der Waals surface area contributed by atoms with Crippen molar-refractivity contribution in [3.63, 3.8) is 0 Å². The first kappa shape index (κ1) is 18.2. The topological polar surface area (TPSA) is 61.1 Å². The fourth-order valence-electron chi connectivity index (χ4n) is 3.20. The van der Waals surface area contributed by atoms with Gasteiger partial charge in [0.2, 0.25) is 5.91 Å². The zero-order valence-corrected chi connectivity index (χ0v) is 15.5. The van der Waals surface area contributed by atoms with E-state index in [-0.39, 0.29) is 11.7 Å². The summed E-state index contributed by atoms with van der Waals surface area (Å²) in [5.41, 5.74) is 1.59. The second-order valence-corrected chi connectivity index (χ2v) is 6.45. The predicted octanol–water partition coefficient (Wildman–Crippen LogP) is 2.51. The monoisotopic (exact) mass is 360 g/mol. The Morgan fingerprint density at radius 3 is 2.62 bits per heavy atom. The molecule has 0 unspecified atom stereocenters. The number of fused-ring (bicyclic) bond motifs is 1. The molecule has 1 aromatic carbocycles. The van der Waals surface area contributed by atoms with Crippen LogP contribution in [0.25, 0.3) is 11.0 Å². The second-order valence-electron chi connectivity index (χ2n) is 6.45. The predicted molar refractivity (Wildman–Crippen MR) is 99.6 cm³/mol. The lowest BCUT2D eigenvalue weighted by molar-refractivity contribution is -0.130. The minimum absolute atomic E-state index is 0.108. The minimum atomic E-state index is -0.270. The Bertz CT molecular complexity index is 822. The maximum absolute atomic E-state index is 13.5. The second kappa shape index (κ2) is 7.76. The van der Waals surface area contributed by atoms with Crippen molar-refractivity contribution >= 4 is 22.8 Å². The van der Waals surface area contributed by atoms with E-state index in [1.54, 1.807) is 13.0 Å². The van der Waals surface area contributed by atoms with Crippen LogP contribution in [0.15, 0.2) is 27.6 Å². The van der Waals surface area contributed by atoms with Crippen molar-refractivity contribution in [1.29, 1.82) is 0 Å². The highest BCUT2D eigenvalue weighted by Crippen LogP contribution is 2.26. The Morgan fingerprint density at radius 1 is 1.27 bits per heavy atom. The molecule has 140 valence electrons. The van der Waals surface area contributed by atoms with Crippen LogP contribution in [0.2, 0.25) is 0 Å². The fraction of sp³-hybridized carbons (Fsp3) is 0.474. The Hall–Kier alpha value is -2.57. The lowest BCUT2D eigenvalue weighted by Crippen LogP contribution is -2.53. The van der Waals surface area contributed by atoms with Crippen molar-refractivity contribution in [3.8, 4) is 0 Å². The molecule has 1 amide bonds. The quantitative estimate of drug-likeness (QED) is 0.675. The van der Waals surface area contributed by atoms with Crippen LogP contribution in [0.4, 0.5) is 4.39 Å². The van der Waals surface area contributed by atoms with Gasteiger partial charge in [-0.15, -0.1) is 0 Å². The number of carbonyl (C=O) groups is 1. The number of furan rings is 1. The largest absolute Gasteiger partial charge is 0.459 e. The highest BCUT2D eigenvalue weighted by molar-refractivity contribution is 5.83. The van der Waals surface area contributed by atoms with Gasteiger partial charge in [-0.25, -0.2) is 9.38 Å². The summed E-state index contributed by atoms with van der Waals surface area (Å²) < 4.78 is 19.3. The highest BCUT2D eigenvalue weighted by atomic mass is 19.1. The molecule has 1 aromatic heterocycles. The van der Waals surface area contributed by atoms with Crippen molar-refractivity contribution in [3.05, 3.63) is 35.3 Å². The van der Waals surface area contributed by atoms with Crippen molar-refractivity contribution in [2.75, 3.05) is 32.7 Å². The van der Waals surface area contributed by atoms with Crippen LogP contribution < -0.4 is 5.32 Å². The highest BCUT2D eigenvalue weighted by Gasteiger charge is 2.21. The lowest BCUT2D eigenvalue weighted by atomic mass is 10.1. The van der Waals surface area contributed by atoms with E-state index in [0.29, 0.717) is 25.2 Å². The van der Waals surface area contributed by atoms with E-state index in [4.69, 9.17) is 9.41 Å². The maximum atomic E-state index is 13.5.